The van der Waals surface area contributed by atoms with Crippen molar-refractivity contribution in [3.63, 3.8) is 0 Å². The van der Waals surface area contributed by atoms with Gasteiger partial charge in [-0.15, -0.1) is 0 Å². The van der Waals surface area contributed by atoms with E-state index in [1.807, 2.05) is 31.2 Å². The maximum atomic E-state index is 13.2. The number of phenols is 2. The number of ether oxygens (including phenoxy) is 1. The Morgan fingerprint density at radius 1 is 1.06 bits per heavy atom. The summed E-state index contributed by atoms with van der Waals surface area (Å²) in [6.07, 6.45) is 1.59. The summed E-state index contributed by atoms with van der Waals surface area (Å²) in [5.41, 5.74) is 3.33. The van der Waals surface area contributed by atoms with E-state index in [1.54, 1.807) is 36.1 Å². The third kappa shape index (κ3) is 5.08. The highest BCUT2D eigenvalue weighted by atomic mass is 19.3. The Morgan fingerprint density at radius 2 is 1.77 bits per heavy atom. The second-order valence-corrected chi connectivity index (χ2v) is 7.98. The van der Waals surface area contributed by atoms with Crippen LogP contribution in [0.15, 0.2) is 72.9 Å². The molecule has 4 aromatic rings. The Balaban J connectivity index is 1.62. The third-order valence-corrected chi connectivity index (χ3v) is 5.52. The third-order valence-electron chi connectivity index (χ3n) is 5.52. The number of nitrogens with zero attached hydrogens (tertiary/aromatic N) is 3. The fraction of sp³-hybridized carbons (Fsp3) is 0.154. The van der Waals surface area contributed by atoms with Gasteiger partial charge in [0.15, 0.2) is 0 Å². The molecule has 0 spiro atoms. The molecule has 0 atom stereocenters. The average Bonchev–Trinajstić information content (AvgIpc) is 3.29. The summed E-state index contributed by atoms with van der Waals surface area (Å²) in [6, 6.07) is 17.8. The predicted molar refractivity (Wildman–Crippen MR) is 126 cm³/mol. The molecule has 0 aliphatic heterocycles. The molecule has 9 heteroatoms. The maximum Gasteiger partial charge on any atom is 0.387 e. The number of hydrogen-bond donors (Lipinski definition) is 2. The van der Waals surface area contributed by atoms with Gasteiger partial charge in [-0.25, -0.2) is 4.68 Å². The van der Waals surface area contributed by atoms with E-state index >= 15 is 0 Å². The first-order valence-corrected chi connectivity index (χ1v) is 10.7. The SMILES string of the molecule is Cc1ccccc1-n1nccc1-c1cc(C(=O)N(C)Cc2ccc(OC(F)F)cc2)c(O)cc1O. The Morgan fingerprint density at radius 3 is 2.46 bits per heavy atom. The fourth-order valence-electron chi connectivity index (χ4n) is 3.78. The van der Waals surface area contributed by atoms with Gasteiger partial charge in [0.1, 0.15) is 17.2 Å². The monoisotopic (exact) mass is 479 g/mol. The van der Waals surface area contributed by atoms with Gasteiger partial charge in [0.25, 0.3) is 5.91 Å². The van der Waals surface area contributed by atoms with E-state index in [9.17, 15) is 23.8 Å². The molecule has 0 bridgehead atoms. The molecule has 0 radical (unpaired) electrons. The first-order valence-electron chi connectivity index (χ1n) is 10.7. The van der Waals surface area contributed by atoms with Gasteiger partial charge in [-0.1, -0.05) is 30.3 Å². The van der Waals surface area contributed by atoms with Crippen molar-refractivity contribution in [2.75, 3.05) is 7.05 Å². The van der Waals surface area contributed by atoms with Gasteiger partial charge in [0.2, 0.25) is 0 Å². The summed E-state index contributed by atoms with van der Waals surface area (Å²) in [4.78, 5) is 14.5. The lowest BCUT2D eigenvalue weighted by Crippen LogP contribution is -2.26. The first-order chi connectivity index (χ1) is 16.7. The van der Waals surface area contributed by atoms with E-state index in [0.29, 0.717) is 16.8 Å². The number of para-hydroxylation sites is 1. The summed E-state index contributed by atoms with van der Waals surface area (Å²) < 4.78 is 30.7. The summed E-state index contributed by atoms with van der Waals surface area (Å²) in [5, 5.41) is 25.4. The Hall–Kier alpha value is -4.40. The molecule has 1 heterocycles. The minimum atomic E-state index is -2.92. The van der Waals surface area contributed by atoms with Crippen molar-refractivity contribution in [1.29, 1.82) is 0 Å². The molecular formula is C26H23F2N3O4. The summed E-state index contributed by atoms with van der Waals surface area (Å²) >= 11 is 0. The van der Waals surface area contributed by atoms with Crippen molar-refractivity contribution >= 4 is 5.91 Å². The van der Waals surface area contributed by atoms with Gasteiger partial charge in [-0.2, -0.15) is 13.9 Å². The topological polar surface area (TPSA) is 87.8 Å². The second kappa shape index (κ2) is 9.84. The molecule has 3 aromatic carbocycles. The van der Waals surface area contributed by atoms with Crippen molar-refractivity contribution in [2.24, 2.45) is 0 Å². The number of carbonyl (C=O) groups is 1. The molecule has 0 aliphatic rings. The zero-order valence-electron chi connectivity index (χ0n) is 19.0. The molecule has 2 N–H and O–H groups in total. The Kier molecular flexibility index (Phi) is 6.68. The molecule has 1 aromatic heterocycles. The fourth-order valence-corrected chi connectivity index (χ4v) is 3.78. The van der Waals surface area contributed by atoms with Crippen LogP contribution >= 0.6 is 0 Å². The molecule has 0 fully saturated rings. The lowest BCUT2D eigenvalue weighted by atomic mass is 10.0. The zero-order valence-corrected chi connectivity index (χ0v) is 19.0. The molecule has 0 saturated heterocycles. The number of alkyl halides is 2. The maximum absolute atomic E-state index is 13.2. The van der Waals surface area contributed by atoms with Crippen LogP contribution in [-0.2, 0) is 6.54 Å². The standard InChI is InChI=1S/C26H23F2N3O4/c1-16-5-3-4-6-21(16)31-22(11-12-29-31)19-13-20(24(33)14-23(19)32)25(34)30(2)15-17-7-9-18(10-8-17)35-26(27)28/h3-14,26,32-33H,15H2,1-2H3. The molecule has 0 aliphatic carbocycles. The normalized spacial score (nSPS) is 11.0. The van der Waals surface area contributed by atoms with Crippen LogP contribution in [0.4, 0.5) is 8.78 Å². The molecule has 1 amide bonds. The van der Waals surface area contributed by atoms with Crippen LogP contribution in [0.5, 0.6) is 17.2 Å². The number of amides is 1. The zero-order chi connectivity index (χ0) is 25.1. The molecule has 35 heavy (non-hydrogen) atoms. The molecule has 180 valence electrons. The predicted octanol–water partition coefficient (Wildman–Crippen LogP) is 5.13. The van der Waals surface area contributed by atoms with E-state index in [4.69, 9.17) is 0 Å². The van der Waals surface area contributed by atoms with Gasteiger partial charge >= 0.3 is 6.61 Å². The quantitative estimate of drug-likeness (QED) is 0.384. The smallest absolute Gasteiger partial charge is 0.387 e. The highest BCUT2D eigenvalue weighted by molar-refractivity contribution is 5.98. The van der Waals surface area contributed by atoms with Gasteiger partial charge < -0.3 is 19.8 Å². The van der Waals surface area contributed by atoms with Crippen LogP contribution in [0.25, 0.3) is 16.9 Å². The highest BCUT2D eigenvalue weighted by Gasteiger charge is 2.22. The van der Waals surface area contributed by atoms with Crippen molar-refractivity contribution in [1.82, 2.24) is 14.7 Å². The number of aromatic hydroxyl groups is 2. The number of aromatic nitrogens is 2. The summed E-state index contributed by atoms with van der Waals surface area (Å²) in [5.74, 6) is -1.04. The van der Waals surface area contributed by atoms with Gasteiger partial charge in [-0.3, -0.25) is 4.79 Å². The van der Waals surface area contributed by atoms with E-state index in [0.717, 1.165) is 17.3 Å². The number of phenolic OH excluding ortho intramolecular Hbond substituents is 2. The first kappa shape index (κ1) is 23.7. The Bertz CT molecular complexity index is 1350. The van der Waals surface area contributed by atoms with E-state index in [1.165, 1.54) is 23.1 Å². The van der Waals surface area contributed by atoms with E-state index in [-0.39, 0.29) is 29.4 Å². The second-order valence-electron chi connectivity index (χ2n) is 7.98. The summed E-state index contributed by atoms with van der Waals surface area (Å²) in [6.45, 7) is -0.822. The van der Waals surface area contributed by atoms with Crippen molar-refractivity contribution in [3.05, 3.63) is 89.6 Å². The van der Waals surface area contributed by atoms with Gasteiger partial charge in [-0.05, 0) is 48.4 Å². The van der Waals surface area contributed by atoms with Crippen LogP contribution in [0, 0.1) is 6.92 Å². The van der Waals surface area contributed by atoms with Crippen LogP contribution in [-0.4, -0.2) is 44.5 Å². The Labute approximate surface area is 200 Å². The minimum Gasteiger partial charge on any atom is -0.507 e. The van der Waals surface area contributed by atoms with Crippen LogP contribution in [0.3, 0.4) is 0 Å². The van der Waals surface area contributed by atoms with Crippen molar-refractivity contribution in [2.45, 2.75) is 20.1 Å². The van der Waals surface area contributed by atoms with E-state index in [2.05, 4.69) is 9.84 Å². The number of halogens is 2. The number of hydrogen-bond acceptors (Lipinski definition) is 5. The molecule has 0 saturated carbocycles. The number of carbonyl (C=O) groups excluding carboxylic acids is 1. The van der Waals surface area contributed by atoms with Crippen LogP contribution in [0.1, 0.15) is 21.5 Å². The summed E-state index contributed by atoms with van der Waals surface area (Å²) in [7, 11) is 1.55. The van der Waals surface area contributed by atoms with E-state index < -0.39 is 12.5 Å². The average molecular weight is 479 g/mol. The molecule has 4 rings (SSSR count). The minimum absolute atomic E-state index is 0.00418. The molecule has 0 unspecified atom stereocenters. The lowest BCUT2D eigenvalue weighted by molar-refractivity contribution is -0.0498. The van der Waals surface area contributed by atoms with Crippen molar-refractivity contribution < 1.29 is 28.5 Å². The van der Waals surface area contributed by atoms with Crippen LogP contribution in [0.2, 0.25) is 0 Å². The number of rotatable bonds is 7. The lowest BCUT2D eigenvalue weighted by Gasteiger charge is -2.19. The highest BCUT2D eigenvalue weighted by Crippen LogP contribution is 2.36. The van der Waals surface area contributed by atoms with Gasteiger partial charge in [0, 0.05) is 25.2 Å². The van der Waals surface area contributed by atoms with Gasteiger partial charge in [0.05, 0.1) is 23.1 Å². The van der Waals surface area contributed by atoms with Crippen molar-refractivity contribution in [3.8, 4) is 34.2 Å². The molecule has 7 nitrogen and oxygen atoms in total. The van der Waals surface area contributed by atoms with Crippen LogP contribution < -0.4 is 4.74 Å². The number of aryl methyl sites for hydroxylation is 1. The largest absolute Gasteiger partial charge is 0.507 e. The molecular weight excluding hydrogens is 456 g/mol. The number of benzene rings is 3.